The second-order valence-corrected chi connectivity index (χ2v) is 6.26. The number of rotatable bonds is 4. The molecule has 0 atom stereocenters. The van der Waals surface area contributed by atoms with E-state index in [0.29, 0.717) is 11.3 Å². The normalized spacial score (nSPS) is 12.8. The zero-order chi connectivity index (χ0) is 21.0. The van der Waals surface area contributed by atoms with Crippen LogP contribution in [0.1, 0.15) is 23.6 Å². The molecule has 2 nitrogen and oxygen atoms in total. The molecule has 0 saturated carbocycles. The molecule has 0 bridgehead atoms. The number of hydrogen-bond acceptors (Lipinski definition) is 1. The van der Waals surface area contributed by atoms with Gasteiger partial charge in [-0.05, 0) is 48.4 Å². The summed E-state index contributed by atoms with van der Waals surface area (Å²) in [4.78, 5) is 13.0. The second-order valence-electron chi connectivity index (χ2n) is 6.26. The first-order valence-corrected chi connectivity index (χ1v) is 8.57. The van der Waals surface area contributed by atoms with E-state index in [4.69, 9.17) is 1.37 Å². The number of alkyl halides is 3. The monoisotopic (exact) mass is 382 g/mol. The molecule has 0 saturated heterocycles. The topological polar surface area (TPSA) is 29.1 Å². The number of aryl methyl sites for hydroxylation is 1. The molecular formula is C23H18F3NO. The summed E-state index contributed by atoms with van der Waals surface area (Å²) in [5, 5.41) is 2.76. The van der Waals surface area contributed by atoms with Crippen LogP contribution in [0.4, 0.5) is 18.9 Å². The molecule has 28 heavy (non-hydrogen) atoms. The van der Waals surface area contributed by atoms with Crippen molar-refractivity contribution in [2.24, 2.45) is 0 Å². The Balaban J connectivity index is 2.02. The van der Waals surface area contributed by atoms with Crippen LogP contribution in [0, 0.1) is 6.92 Å². The highest BCUT2D eigenvalue weighted by molar-refractivity contribution is 6.29. The number of hydrogen-bond donors (Lipinski definition) is 1. The van der Waals surface area contributed by atoms with Crippen molar-refractivity contribution in [2.45, 2.75) is 13.1 Å². The molecule has 3 aromatic carbocycles. The zero-order valence-electron chi connectivity index (χ0n) is 16.0. The first-order valence-electron chi connectivity index (χ1n) is 9.07. The standard InChI is InChI=1S/C23H18F3NO/c1-16-7-13-20(14-8-16)27-22(28)21(18-5-3-2-4-6-18)15-17-9-11-19(12-10-17)23(24,25)26/h2-15H,1H3,(H,27,28)/i15D. The summed E-state index contributed by atoms with van der Waals surface area (Å²) in [6.07, 6.45) is -4.46. The first kappa shape index (κ1) is 18.0. The van der Waals surface area contributed by atoms with Crippen molar-refractivity contribution in [3.8, 4) is 0 Å². The van der Waals surface area contributed by atoms with Crippen molar-refractivity contribution in [3.05, 3.63) is 101 Å². The van der Waals surface area contributed by atoms with Crippen LogP contribution in [0.3, 0.4) is 0 Å². The SMILES string of the molecule is [2H]C(=C(C(=O)Nc1ccc(C)cc1)c1ccccc1)c1ccc(C(F)(F)F)cc1. The number of carbonyl (C=O) groups is 1. The summed E-state index contributed by atoms with van der Waals surface area (Å²) in [6.45, 7) is 1.92. The van der Waals surface area contributed by atoms with E-state index in [-0.39, 0.29) is 17.2 Å². The van der Waals surface area contributed by atoms with E-state index in [2.05, 4.69) is 5.32 Å². The second kappa shape index (κ2) is 8.13. The summed E-state index contributed by atoms with van der Waals surface area (Å²) in [5.74, 6) is -0.509. The van der Waals surface area contributed by atoms with Crippen LogP contribution in [0.15, 0.2) is 78.9 Å². The van der Waals surface area contributed by atoms with E-state index in [1.807, 2.05) is 19.1 Å². The van der Waals surface area contributed by atoms with Gasteiger partial charge in [-0.3, -0.25) is 4.79 Å². The van der Waals surface area contributed by atoms with Crippen molar-refractivity contribution in [1.29, 1.82) is 0 Å². The zero-order valence-corrected chi connectivity index (χ0v) is 15.0. The molecule has 0 radical (unpaired) electrons. The number of anilines is 1. The maximum absolute atomic E-state index is 13.0. The van der Waals surface area contributed by atoms with Crippen molar-refractivity contribution in [1.82, 2.24) is 0 Å². The van der Waals surface area contributed by atoms with Crippen LogP contribution in [-0.2, 0) is 11.0 Å². The summed E-state index contributed by atoms with van der Waals surface area (Å²) in [6, 6.07) is 19.9. The lowest BCUT2D eigenvalue weighted by molar-refractivity contribution is -0.137. The van der Waals surface area contributed by atoms with Crippen molar-refractivity contribution in [2.75, 3.05) is 5.32 Å². The van der Waals surface area contributed by atoms with Gasteiger partial charge in [-0.1, -0.05) is 60.2 Å². The average molecular weight is 382 g/mol. The Labute approximate surface area is 162 Å². The van der Waals surface area contributed by atoms with Gasteiger partial charge in [-0.25, -0.2) is 0 Å². The van der Waals surface area contributed by atoms with E-state index in [1.165, 1.54) is 12.1 Å². The molecule has 3 rings (SSSR count). The number of benzene rings is 3. The summed E-state index contributed by atoms with van der Waals surface area (Å²) in [5.41, 5.74) is 1.59. The lowest BCUT2D eigenvalue weighted by atomic mass is 10.0. The quantitative estimate of drug-likeness (QED) is 0.423. The Morgan fingerprint density at radius 1 is 0.929 bits per heavy atom. The van der Waals surface area contributed by atoms with E-state index in [9.17, 15) is 18.0 Å². The molecule has 5 heteroatoms. The summed E-state index contributed by atoms with van der Waals surface area (Å²) >= 11 is 0. The van der Waals surface area contributed by atoms with Crippen LogP contribution in [0.5, 0.6) is 0 Å². The van der Waals surface area contributed by atoms with Gasteiger partial charge in [0.25, 0.3) is 5.91 Å². The first-order chi connectivity index (χ1) is 13.8. The van der Waals surface area contributed by atoms with Gasteiger partial charge in [-0.15, -0.1) is 0 Å². The highest BCUT2D eigenvalue weighted by Gasteiger charge is 2.29. The van der Waals surface area contributed by atoms with E-state index in [1.54, 1.807) is 42.5 Å². The smallest absolute Gasteiger partial charge is 0.322 e. The number of halogens is 3. The molecule has 0 aliphatic rings. The fraction of sp³-hybridized carbons (Fsp3) is 0.0870. The van der Waals surface area contributed by atoms with Gasteiger partial charge in [0, 0.05) is 11.3 Å². The van der Waals surface area contributed by atoms with E-state index < -0.39 is 17.6 Å². The molecule has 0 unspecified atom stereocenters. The van der Waals surface area contributed by atoms with Crippen LogP contribution >= 0.6 is 0 Å². The van der Waals surface area contributed by atoms with Gasteiger partial charge >= 0.3 is 6.18 Å². The van der Waals surface area contributed by atoms with Gasteiger partial charge < -0.3 is 5.32 Å². The number of amides is 1. The highest BCUT2D eigenvalue weighted by Crippen LogP contribution is 2.30. The van der Waals surface area contributed by atoms with Crippen LogP contribution in [-0.4, -0.2) is 5.91 Å². The Bertz CT molecular complexity index is 1020. The lowest BCUT2D eigenvalue weighted by Gasteiger charge is -2.11. The highest BCUT2D eigenvalue weighted by atomic mass is 19.4. The van der Waals surface area contributed by atoms with Crippen LogP contribution in [0.2, 0.25) is 0 Å². The number of nitrogens with one attached hydrogen (secondary N) is 1. The third-order valence-electron chi connectivity index (χ3n) is 4.08. The van der Waals surface area contributed by atoms with Gasteiger partial charge in [0.2, 0.25) is 0 Å². The predicted molar refractivity (Wildman–Crippen MR) is 106 cm³/mol. The Morgan fingerprint density at radius 3 is 2.11 bits per heavy atom. The fourth-order valence-corrected chi connectivity index (χ4v) is 2.58. The van der Waals surface area contributed by atoms with Crippen LogP contribution < -0.4 is 5.32 Å². The Kier molecular flexibility index (Phi) is 5.24. The molecule has 0 aliphatic heterocycles. The fourth-order valence-electron chi connectivity index (χ4n) is 2.58. The van der Waals surface area contributed by atoms with Crippen LogP contribution in [0.25, 0.3) is 11.6 Å². The van der Waals surface area contributed by atoms with Crippen molar-refractivity contribution in [3.63, 3.8) is 0 Å². The predicted octanol–water partition coefficient (Wildman–Crippen LogP) is 6.19. The molecule has 0 aromatic heterocycles. The molecule has 0 spiro atoms. The lowest BCUT2D eigenvalue weighted by Crippen LogP contribution is -2.13. The third-order valence-corrected chi connectivity index (χ3v) is 4.08. The Morgan fingerprint density at radius 2 is 1.54 bits per heavy atom. The molecular weight excluding hydrogens is 363 g/mol. The molecule has 142 valence electrons. The minimum atomic E-state index is -4.46. The molecule has 0 fully saturated rings. The molecule has 3 aromatic rings. The largest absolute Gasteiger partial charge is 0.416 e. The van der Waals surface area contributed by atoms with E-state index in [0.717, 1.165) is 17.7 Å². The Hall–Kier alpha value is -3.34. The van der Waals surface area contributed by atoms with Crippen molar-refractivity contribution >= 4 is 23.2 Å². The average Bonchev–Trinajstić information content (AvgIpc) is 2.70. The minimum Gasteiger partial charge on any atom is -0.322 e. The summed E-state index contributed by atoms with van der Waals surface area (Å²) in [7, 11) is 0. The van der Waals surface area contributed by atoms with E-state index >= 15 is 0 Å². The number of carbonyl (C=O) groups excluding carboxylic acids is 1. The van der Waals surface area contributed by atoms with Gasteiger partial charge in [-0.2, -0.15) is 13.2 Å². The van der Waals surface area contributed by atoms with Gasteiger partial charge in [0.15, 0.2) is 0 Å². The third kappa shape index (κ3) is 4.88. The molecule has 0 aliphatic carbocycles. The molecule has 1 N–H and O–H groups in total. The maximum Gasteiger partial charge on any atom is 0.416 e. The van der Waals surface area contributed by atoms with Crippen molar-refractivity contribution < 1.29 is 19.3 Å². The summed E-state index contributed by atoms with van der Waals surface area (Å²) < 4.78 is 47.0. The molecule has 1 amide bonds. The van der Waals surface area contributed by atoms with Gasteiger partial charge in [0.05, 0.1) is 6.93 Å². The molecule has 0 heterocycles. The maximum atomic E-state index is 13.0. The van der Waals surface area contributed by atoms with Gasteiger partial charge in [0.1, 0.15) is 0 Å². The minimum absolute atomic E-state index is 0.0749.